The van der Waals surface area contributed by atoms with Crippen LogP contribution in [0, 0.1) is 5.92 Å². The molecule has 0 bridgehead atoms. The van der Waals surface area contributed by atoms with Crippen LogP contribution in [0.25, 0.3) is 10.7 Å². The van der Waals surface area contributed by atoms with E-state index in [9.17, 15) is 9.59 Å². The summed E-state index contributed by atoms with van der Waals surface area (Å²) in [5.41, 5.74) is 0.667. The van der Waals surface area contributed by atoms with E-state index < -0.39 is 0 Å². The molecule has 2 fully saturated rings. The normalized spacial score (nSPS) is 19.7. The first-order valence-corrected chi connectivity index (χ1v) is 11.8. The molecule has 32 heavy (non-hydrogen) atoms. The second kappa shape index (κ2) is 9.01. The number of para-hydroxylation sites is 1. The van der Waals surface area contributed by atoms with Crippen LogP contribution in [0.5, 0.6) is 0 Å². The number of aromatic nitrogens is 2. The van der Waals surface area contributed by atoms with Crippen molar-refractivity contribution in [3.05, 3.63) is 52.7 Å². The number of thiophene rings is 1. The number of hydrogen-bond donors (Lipinski definition) is 0. The fraction of sp³-hybridized carbons (Fsp3) is 0.364. The first-order valence-electron chi connectivity index (χ1n) is 10.5. The molecule has 2 aromatic heterocycles. The van der Waals surface area contributed by atoms with Gasteiger partial charge in [0.15, 0.2) is 0 Å². The van der Waals surface area contributed by atoms with Gasteiger partial charge in [-0.15, -0.1) is 11.3 Å². The predicted octanol–water partition coefficient (Wildman–Crippen LogP) is 3.15. The quantitative estimate of drug-likeness (QED) is 0.568. The average molecular weight is 472 g/mol. The molecule has 10 heteroatoms. The maximum Gasteiger partial charge on any atom is 0.241 e. The third-order valence-corrected chi connectivity index (χ3v) is 7.06. The van der Waals surface area contributed by atoms with E-state index in [1.165, 1.54) is 0 Å². The number of benzene rings is 1. The Bertz CT molecular complexity index is 1110. The second-order valence-corrected chi connectivity index (χ2v) is 9.30. The highest BCUT2D eigenvalue weighted by Crippen LogP contribution is 2.32. The number of piperazine rings is 1. The molecular formula is C22H22ClN5O3S. The molecule has 0 saturated carbocycles. The Kier molecular flexibility index (Phi) is 5.95. The summed E-state index contributed by atoms with van der Waals surface area (Å²) < 4.78 is 5.39. The molecule has 8 nitrogen and oxygen atoms in total. The van der Waals surface area contributed by atoms with Crippen molar-refractivity contribution in [3.8, 4) is 10.7 Å². The van der Waals surface area contributed by atoms with Gasteiger partial charge in [-0.05, 0) is 23.6 Å². The minimum atomic E-state index is -0.338. The number of rotatable bonds is 5. The van der Waals surface area contributed by atoms with Crippen LogP contribution in [0.2, 0.25) is 5.02 Å². The van der Waals surface area contributed by atoms with Crippen molar-refractivity contribution < 1.29 is 14.1 Å². The summed E-state index contributed by atoms with van der Waals surface area (Å²) >= 11 is 7.82. The zero-order valence-corrected chi connectivity index (χ0v) is 18.9. The van der Waals surface area contributed by atoms with Gasteiger partial charge in [0.25, 0.3) is 0 Å². The van der Waals surface area contributed by atoms with E-state index in [1.54, 1.807) is 22.3 Å². The van der Waals surface area contributed by atoms with Crippen molar-refractivity contribution >= 4 is 40.4 Å². The third kappa shape index (κ3) is 4.28. The summed E-state index contributed by atoms with van der Waals surface area (Å²) in [6.07, 6.45) is 0.220. The van der Waals surface area contributed by atoms with Gasteiger partial charge in [0, 0.05) is 39.1 Å². The van der Waals surface area contributed by atoms with Crippen molar-refractivity contribution in [2.24, 2.45) is 5.92 Å². The van der Waals surface area contributed by atoms with Crippen LogP contribution in [0.4, 0.5) is 5.69 Å². The average Bonchev–Trinajstić information content (AvgIpc) is 3.55. The maximum absolute atomic E-state index is 13.1. The molecule has 3 aromatic rings. The van der Waals surface area contributed by atoms with Gasteiger partial charge in [-0.2, -0.15) is 4.98 Å². The number of halogens is 1. The summed E-state index contributed by atoms with van der Waals surface area (Å²) in [6, 6.07) is 11.2. The SMILES string of the molecule is O=C(C1CC(=O)N(c2ccccc2Cl)C1)N1CCN(Cc2nc(-c3cccs3)no2)CC1. The monoisotopic (exact) mass is 471 g/mol. The molecule has 0 N–H and O–H groups in total. The summed E-state index contributed by atoms with van der Waals surface area (Å²) in [5, 5.41) is 6.55. The third-order valence-electron chi connectivity index (χ3n) is 5.87. The van der Waals surface area contributed by atoms with E-state index in [1.807, 2.05) is 40.6 Å². The second-order valence-electron chi connectivity index (χ2n) is 7.95. The van der Waals surface area contributed by atoms with Crippen molar-refractivity contribution in [2.75, 3.05) is 37.6 Å². The number of hydrogen-bond acceptors (Lipinski definition) is 7. The molecule has 2 aliphatic rings. The number of nitrogens with zero attached hydrogens (tertiary/aromatic N) is 5. The molecule has 2 saturated heterocycles. The molecule has 2 aliphatic heterocycles. The molecule has 1 aromatic carbocycles. The van der Waals surface area contributed by atoms with E-state index in [0.29, 0.717) is 48.6 Å². The number of carbonyl (C=O) groups is 2. The Morgan fingerprint density at radius 2 is 1.97 bits per heavy atom. The molecule has 1 unspecified atom stereocenters. The standard InChI is InChI=1S/C22H22ClN5O3S/c23-16-4-1-2-5-17(16)28-13-15(12-20(28)29)22(30)27-9-7-26(8-10-27)14-19-24-21(25-31-19)18-6-3-11-32-18/h1-6,11,15H,7-10,12-14H2. The lowest BCUT2D eigenvalue weighted by Gasteiger charge is -2.35. The topological polar surface area (TPSA) is 82.8 Å². The molecule has 0 radical (unpaired) electrons. The van der Waals surface area contributed by atoms with Crippen LogP contribution >= 0.6 is 22.9 Å². The van der Waals surface area contributed by atoms with Crippen molar-refractivity contribution in [1.82, 2.24) is 19.9 Å². The van der Waals surface area contributed by atoms with Crippen molar-refractivity contribution in [2.45, 2.75) is 13.0 Å². The zero-order chi connectivity index (χ0) is 22.1. The lowest BCUT2D eigenvalue weighted by Crippen LogP contribution is -2.50. The van der Waals surface area contributed by atoms with E-state index in [2.05, 4.69) is 15.0 Å². The molecule has 0 aliphatic carbocycles. The maximum atomic E-state index is 13.1. The molecule has 4 heterocycles. The van der Waals surface area contributed by atoms with Crippen LogP contribution in [0.3, 0.4) is 0 Å². The van der Waals surface area contributed by atoms with Gasteiger partial charge in [0.2, 0.25) is 23.5 Å². The number of anilines is 1. The summed E-state index contributed by atoms with van der Waals surface area (Å²) in [5.74, 6) is 0.815. The van der Waals surface area contributed by atoms with Gasteiger partial charge in [0.05, 0.1) is 28.0 Å². The van der Waals surface area contributed by atoms with Crippen LogP contribution < -0.4 is 4.90 Å². The Morgan fingerprint density at radius 1 is 1.16 bits per heavy atom. The Morgan fingerprint density at radius 3 is 2.72 bits per heavy atom. The molecule has 2 amide bonds. The van der Waals surface area contributed by atoms with Crippen LogP contribution in [-0.4, -0.2) is 64.5 Å². The van der Waals surface area contributed by atoms with Gasteiger partial charge < -0.3 is 14.3 Å². The molecule has 166 valence electrons. The highest BCUT2D eigenvalue weighted by atomic mass is 35.5. The van der Waals surface area contributed by atoms with Crippen LogP contribution in [0.15, 0.2) is 46.3 Å². The molecule has 5 rings (SSSR count). The first kappa shape index (κ1) is 21.1. The molecule has 0 spiro atoms. The van der Waals surface area contributed by atoms with Gasteiger partial charge in [0.1, 0.15) is 0 Å². The van der Waals surface area contributed by atoms with Gasteiger partial charge in [-0.3, -0.25) is 14.5 Å². The minimum Gasteiger partial charge on any atom is -0.340 e. The lowest BCUT2D eigenvalue weighted by atomic mass is 10.1. The van der Waals surface area contributed by atoms with E-state index >= 15 is 0 Å². The van der Waals surface area contributed by atoms with E-state index in [0.717, 1.165) is 18.0 Å². The highest BCUT2D eigenvalue weighted by molar-refractivity contribution is 7.13. The van der Waals surface area contributed by atoms with Crippen molar-refractivity contribution in [3.63, 3.8) is 0 Å². The molecular weight excluding hydrogens is 450 g/mol. The Balaban J connectivity index is 1.15. The minimum absolute atomic E-state index is 0.0327. The summed E-state index contributed by atoms with van der Waals surface area (Å²) in [7, 11) is 0. The summed E-state index contributed by atoms with van der Waals surface area (Å²) in [4.78, 5) is 36.7. The first-order chi connectivity index (χ1) is 15.6. The molecule has 1 atom stereocenters. The highest BCUT2D eigenvalue weighted by Gasteiger charge is 2.38. The largest absolute Gasteiger partial charge is 0.340 e. The lowest BCUT2D eigenvalue weighted by molar-refractivity contribution is -0.137. The van der Waals surface area contributed by atoms with E-state index in [-0.39, 0.29) is 24.2 Å². The van der Waals surface area contributed by atoms with Gasteiger partial charge in [-0.1, -0.05) is 35.0 Å². The summed E-state index contributed by atoms with van der Waals surface area (Å²) in [6.45, 7) is 3.59. The zero-order valence-electron chi connectivity index (χ0n) is 17.3. The predicted molar refractivity (Wildman–Crippen MR) is 121 cm³/mol. The fourth-order valence-electron chi connectivity index (χ4n) is 4.18. The Labute approximate surface area is 194 Å². The van der Waals surface area contributed by atoms with Crippen molar-refractivity contribution in [1.29, 1.82) is 0 Å². The van der Waals surface area contributed by atoms with Gasteiger partial charge >= 0.3 is 0 Å². The smallest absolute Gasteiger partial charge is 0.241 e. The van der Waals surface area contributed by atoms with Gasteiger partial charge in [-0.25, -0.2) is 0 Å². The van der Waals surface area contributed by atoms with Crippen LogP contribution in [0.1, 0.15) is 12.3 Å². The fourth-order valence-corrected chi connectivity index (χ4v) is 5.06. The number of carbonyl (C=O) groups excluding carboxylic acids is 2. The van der Waals surface area contributed by atoms with Crippen LogP contribution in [-0.2, 0) is 16.1 Å². The van der Waals surface area contributed by atoms with E-state index in [4.69, 9.17) is 16.1 Å². The Hall–Kier alpha value is -2.75. The number of amides is 2.